The van der Waals surface area contributed by atoms with E-state index in [0.29, 0.717) is 22.9 Å². The topological polar surface area (TPSA) is 12.5 Å². The van der Waals surface area contributed by atoms with Crippen LogP contribution in [0.25, 0.3) is 0 Å². The minimum atomic E-state index is -4.63. The Morgan fingerprint density at radius 2 is 1.41 bits per heavy atom. The first kappa shape index (κ1) is 19.9. The van der Waals surface area contributed by atoms with Gasteiger partial charge in [-0.15, -0.1) is 0 Å². The van der Waals surface area contributed by atoms with Crippen LogP contribution in [0.2, 0.25) is 0 Å². The van der Waals surface area contributed by atoms with Crippen molar-refractivity contribution >= 4 is 23.6 Å². The zero-order valence-electron chi connectivity index (χ0n) is 17.8. The van der Waals surface area contributed by atoms with Crippen LogP contribution in [0.15, 0.2) is 72.8 Å². The zero-order chi connectivity index (χ0) is 20.9. The summed E-state index contributed by atoms with van der Waals surface area (Å²) in [6.07, 6.45) is 0. The van der Waals surface area contributed by atoms with Gasteiger partial charge in [0.1, 0.15) is 0 Å². The predicted octanol–water partition coefficient (Wildman–Crippen LogP) is 6.43. The number of benzene rings is 3. The number of fused-ring (bicyclic) bond motifs is 1. The number of halogens is 1. The first-order chi connectivity index (χ1) is 13.7. The van der Waals surface area contributed by atoms with E-state index in [1.807, 2.05) is 72.3 Å². The van der Waals surface area contributed by atoms with Gasteiger partial charge in [0.15, 0.2) is 0 Å². The number of hydrogen-bond donors (Lipinski definition) is 0. The van der Waals surface area contributed by atoms with Gasteiger partial charge in [0.05, 0.1) is 0 Å². The normalized spacial score (nSPS) is 18.4. The number of rotatable bonds is 3. The molecule has 0 spiro atoms. The van der Waals surface area contributed by atoms with Crippen LogP contribution in [-0.2, 0) is 5.41 Å². The SMILES string of the molecule is CCN1c2cc(C)cc(C(C)(C)C)c2OP1(F)(c1ccccc1)c1ccccc1. The average Bonchev–Trinajstić information content (AvgIpc) is 2.98. The zero-order valence-corrected chi connectivity index (χ0v) is 18.7. The van der Waals surface area contributed by atoms with E-state index in [-0.39, 0.29) is 5.41 Å². The summed E-state index contributed by atoms with van der Waals surface area (Å²) in [5.74, 6) is 0.679. The van der Waals surface area contributed by atoms with Gasteiger partial charge >= 0.3 is 173 Å². The Morgan fingerprint density at radius 3 is 1.86 bits per heavy atom. The van der Waals surface area contributed by atoms with E-state index in [0.717, 1.165) is 16.8 Å². The summed E-state index contributed by atoms with van der Waals surface area (Å²) in [5.41, 5.74) is 2.85. The van der Waals surface area contributed by atoms with Crippen molar-refractivity contribution in [2.24, 2.45) is 0 Å². The molecule has 4 heteroatoms. The van der Waals surface area contributed by atoms with Gasteiger partial charge in [0, 0.05) is 0 Å². The van der Waals surface area contributed by atoms with Crippen LogP contribution < -0.4 is 19.8 Å². The van der Waals surface area contributed by atoms with Gasteiger partial charge < -0.3 is 0 Å². The summed E-state index contributed by atoms with van der Waals surface area (Å²) in [6.45, 7) is 11.0. The van der Waals surface area contributed by atoms with Crippen molar-refractivity contribution in [3.8, 4) is 5.75 Å². The number of nitrogens with zero attached hydrogens (tertiary/aromatic N) is 1. The second-order valence-electron chi connectivity index (χ2n) is 8.78. The summed E-state index contributed by atoms with van der Waals surface area (Å²) in [4.78, 5) is 0. The predicted molar refractivity (Wildman–Crippen MR) is 124 cm³/mol. The van der Waals surface area contributed by atoms with E-state index in [2.05, 4.69) is 39.8 Å². The second kappa shape index (κ2) is 6.57. The van der Waals surface area contributed by atoms with Gasteiger partial charge in [-0.05, 0) is 0 Å². The third-order valence-electron chi connectivity index (χ3n) is 5.70. The molecule has 1 heterocycles. The molecule has 1 aliphatic heterocycles. The summed E-state index contributed by atoms with van der Waals surface area (Å²) in [6, 6.07) is 23.1. The fourth-order valence-corrected chi connectivity index (χ4v) is 8.44. The van der Waals surface area contributed by atoms with Crippen molar-refractivity contribution in [3.63, 3.8) is 0 Å². The molecule has 0 fully saturated rings. The molecule has 4 rings (SSSR count). The molecule has 3 aromatic carbocycles. The molecule has 1 aliphatic rings. The van der Waals surface area contributed by atoms with Gasteiger partial charge in [-0.25, -0.2) is 0 Å². The van der Waals surface area contributed by atoms with E-state index < -0.39 is 7.29 Å². The van der Waals surface area contributed by atoms with Crippen LogP contribution in [0.3, 0.4) is 0 Å². The Hall–Kier alpha value is -2.38. The van der Waals surface area contributed by atoms with Crippen molar-refractivity contribution in [2.45, 2.75) is 40.0 Å². The molecule has 0 aromatic heterocycles. The maximum absolute atomic E-state index is 18.2. The Morgan fingerprint density at radius 1 is 0.897 bits per heavy atom. The molecule has 152 valence electrons. The van der Waals surface area contributed by atoms with Crippen molar-refractivity contribution < 1.29 is 8.72 Å². The molecule has 0 N–H and O–H groups in total. The summed E-state index contributed by atoms with van der Waals surface area (Å²) >= 11 is 0. The van der Waals surface area contributed by atoms with E-state index in [1.54, 1.807) is 0 Å². The summed E-state index contributed by atoms with van der Waals surface area (Å²) in [7, 11) is -4.63. The van der Waals surface area contributed by atoms with Crippen LogP contribution in [0, 0.1) is 6.92 Å². The number of aryl methyl sites for hydroxylation is 1. The Bertz CT molecular complexity index is 1000. The molecule has 0 radical (unpaired) electrons. The van der Waals surface area contributed by atoms with Gasteiger partial charge in [0.25, 0.3) is 0 Å². The molecule has 2 nitrogen and oxygen atoms in total. The van der Waals surface area contributed by atoms with Gasteiger partial charge in [-0.1, -0.05) is 0 Å². The molecule has 0 unspecified atom stereocenters. The first-order valence-corrected chi connectivity index (χ1v) is 12.2. The minimum absolute atomic E-state index is 0.164. The van der Waals surface area contributed by atoms with E-state index in [4.69, 9.17) is 4.52 Å². The van der Waals surface area contributed by atoms with Crippen molar-refractivity contribution in [1.29, 1.82) is 0 Å². The molecule has 29 heavy (non-hydrogen) atoms. The monoisotopic (exact) mass is 409 g/mol. The van der Waals surface area contributed by atoms with E-state index >= 15 is 4.20 Å². The van der Waals surface area contributed by atoms with Crippen LogP contribution in [0.1, 0.15) is 38.8 Å². The molecule has 0 atom stereocenters. The van der Waals surface area contributed by atoms with Crippen LogP contribution >= 0.6 is 7.29 Å². The Labute approximate surface area is 173 Å². The molecule has 0 saturated heterocycles. The standard InChI is InChI=1S/C25H29FNOP/c1-6-27-23-18-19(2)17-22(25(3,4)5)24(23)28-29(27,26,20-13-9-7-10-14-20)21-15-11-8-12-16-21/h7-18H,6H2,1-5H3. The average molecular weight is 409 g/mol. The van der Waals surface area contributed by atoms with Gasteiger partial charge in [-0.3, -0.25) is 0 Å². The number of hydrogen-bond acceptors (Lipinski definition) is 2. The molecule has 0 aliphatic carbocycles. The third kappa shape index (κ3) is 2.79. The van der Waals surface area contributed by atoms with Gasteiger partial charge in [-0.2, -0.15) is 0 Å². The van der Waals surface area contributed by atoms with Crippen LogP contribution in [-0.4, -0.2) is 6.54 Å². The van der Waals surface area contributed by atoms with Gasteiger partial charge in [0.2, 0.25) is 0 Å². The second-order valence-corrected chi connectivity index (χ2v) is 12.3. The molecular weight excluding hydrogens is 380 g/mol. The summed E-state index contributed by atoms with van der Waals surface area (Å²) < 4.78 is 26.7. The maximum atomic E-state index is 18.2. The summed E-state index contributed by atoms with van der Waals surface area (Å²) in [5, 5.41) is 1.19. The number of anilines is 1. The third-order valence-corrected chi connectivity index (χ3v) is 9.96. The molecule has 0 bridgehead atoms. The Kier molecular flexibility index (Phi) is 4.51. The fraction of sp³-hybridized carbons (Fsp3) is 0.280. The first-order valence-electron chi connectivity index (χ1n) is 10.2. The van der Waals surface area contributed by atoms with Crippen molar-refractivity contribution in [1.82, 2.24) is 0 Å². The van der Waals surface area contributed by atoms with Crippen molar-refractivity contribution in [3.05, 3.63) is 83.9 Å². The van der Waals surface area contributed by atoms with E-state index in [9.17, 15) is 0 Å². The molecule has 0 saturated carbocycles. The fourth-order valence-electron chi connectivity index (χ4n) is 4.34. The van der Waals surface area contributed by atoms with Crippen LogP contribution in [0.4, 0.5) is 9.88 Å². The van der Waals surface area contributed by atoms with E-state index in [1.165, 1.54) is 0 Å². The molecule has 0 amide bonds. The molecular formula is C25H29FNOP. The van der Waals surface area contributed by atoms with Crippen LogP contribution in [0.5, 0.6) is 5.75 Å². The Balaban J connectivity index is 2.11. The molecule has 3 aromatic rings. The quantitative estimate of drug-likeness (QED) is 0.462. The van der Waals surface area contributed by atoms with Crippen molar-refractivity contribution in [2.75, 3.05) is 11.2 Å².